The second-order valence-corrected chi connectivity index (χ2v) is 20.2. The van der Waals surface area contributed by atoms with Crippen molar-refractivity contribution in [2.24, 2.45) is 0 Å². The SMILES string of the molecule is CC/C=C\C/C=C\C/C=C\C/C=C\C/C=C\C/C=C\C/C=C\CCCCCCCCCC(=O)OC(COC(=O)CCCCCCCCCC/C=C\C/C=C\C/C=C\C/C=C\CC)COC(OCC[N+](C)(C)C)C(=O)O. The lowest BCUT2D eigenvalue weighted by Crippen LogP contribution is -2.40. The van der Waals surface area contributed by atoms with Crippen LogP contribution in [0.1, 0.15) is 206 Å². The summed E-state index contributed by atoms with van der Waals surface area (Å²) in [5.41, 5.74) is 0. The Morgan fingerprint density at radius 3 is 1.07 bits per heavy atom. The zero-order valence-electron chi connectivity index (χ0n) is 48.2. The normalized spacial score (nSPS) is 13.8. The highest BCUT2D eigenvalue weighted by atomic mass is 16.7. The van der Waals surface area contributed by atoms with E-state index in [-0.39, 0.29) is 38.6 Å². The summed E-state index contributed by atoms with van der Waals surface area (Å²) in [5.74, 6) is -2.05. The molecule has 9 nitrogen and oxygen atoms in total. The van der Waals surface area contributed by atoms with Crippen molar-refractivity contribution < 1.29 is 42.9 Å². The Morgan fingerprint density at radius 2 is 0.720 bits per heavy atom. The first-order valence-electron chi connectivity index (χ1n) is 29.3. The molecule has 0 aliphatic rings. The van der Waals surface area contributed by atoms with Crippen LogP contribution in [-0.4, -0.2) is 87.4 Å². The van der Waals surface area contributed by atoms with E-state index in [4.69, 9.17) is 18.9 Å². The Bertz CT molecular complexity index is 1690. The second-order valence-electron chi connectivity index (χ2n) is 20.2. The number of rotatable bonds is 52. The molecule has 0 rings (SSSR count). The van der Waals surface area contributed by atoms with E-state index < -0.39 is 24.3 Å². The van der Waals surface area contributed by atoms with Gasteiger partial charge in [-0.1, -0.05) is 218 Å². The molecule has 9 heteroatoms. The number of esters is 2. The van der Waals surface area contributed by atoms with E-state index in [9.17, 15) is 19.5 Å². The van der Waals surface area contributed by atoms with Gasteiger partial charge in [-0.2, -0.15) is 0 Å². The van der Waals surface area contributed by atoms with Gasteiger partial charge in [-0.15, -0.1) is 0 Å². The minimum atomic E-state index is -1.52. The van der Waals surface area contributed by atoms with E-state index in [1.54, 1.807) is 0 Å². The van der Waals surface area contributed by atoms with Crippen molar-refractivity contribution in [2.75, 3.05) is 47.5 Å². The van der Waals surface area contributed by atoms with Crippen molar-refractivity contribution in [1.29, 1.82) is 0 Å². The topological polar surface area (TPSA) is 108 Å². The van der Waals surface area contributed by atoms with E-state index in [1.807, 2.05) is 21.1 Å². The van der Waals surface area contributed by atoms with Crippen LogP contribution >= 0.6 is 0 Å². The summed E-state index contributed by atoms with van der Waals surface area (Å²) < 4.78 is 22.9. The quantitative estimate of drug-likeness (QED) is 0.0211. The molecule has 0 saturated heterocycles. The number of allylic oxidation sites excluding steroid dienone is 22. The smallest absolute Gasteiger partial charge is 0.361 e. The van der Waals surface area contributed by atoms with Crippen LogP contribution < -0.4 is 0 Å². The molecule has 0 aromatic heterocycles. The van der Waals surface area contributed by atoms with E-state index >= 15 is 0 Å². The predicted molar refractivity (Wildman–Crippen MR) is 317 cm³/mol. The average molecular weight is 1040 g/mol. The van der Waals surface area contributed by atoms with Gasteiger partial charge < -0.3 is 28.5 Å². The largest absolute Gasteiger partial charge is 0.477 e. The van der Waals surface area contributed by atoms with Gasteiger partial charge in [0.15, 0.2) is 6.10 Å². The van der Waals surface area contributed by atoms with Crippen LogP contribution in [0.2, 0.25) is 0 Å². The Morgan fingerprint density at radius 1 is 0.400 bits per heavy atom. The molecule has 0 aromatic carbocycles. The van der Waals surface area contributed by atoms with Gasteiger partial charge in [-0.3, -0.25) is 9.59 Å². The first-order valence-corrected chi connectivity index (χ1v) is 29.3. The molecule has 0 saturated carbocycles. The van der Waals surface area contributed by atoms with E-state index in [2.05, 4.69) is 148 Å². The van der Waals surface area contributed by atoms with E-state index in [1.165, 1.54) is 44.9 Å². The third kappa shape index (κ3) is 57.0. The van der Waals surface area contributed by atoms with Crippen molar-refractivity contribution >= 4 is 17.9 Å². The van der Waals surface area contributed by atoms with Crippen LogP contribution in [0.15, 0.2) is 134 Å². The van der Waals surface area contributed by atoms with Crippen molar-refractivity contribution in [3.8, 4) is 0 Å². The third-order valence-electron chi connectivity index (χ3n) is 11.9. The van der Waals surface area contributed by atoms with Gasteiger partial charge in [0.1, 0.15) is 13.2 Å². The number of likely N-dealkylation sites (N-methyl/N-ethyl adjacent to an activating group) is 1. The van der Waals surface area contributed by atoms with Gasteiger partial charge >= 0.3 is 17.9 Å². The molecule has 0 amide bonds. The van der Waals surface area contributed by atoms with Crippen molar-refractivity contribution in [2.45, 2.75) is 219 Å². The van der Waals surface area contributed by atoms with Crippen molar-refractivity contribution in [1.82, 2.24) is 0 Å². The van der Waals surface area contributed by atoms with Crippen molar-refractivity contribution in [3.05, 3.63) is 134 Å². The minimum absolute atomic E-state index is 0.176. The van der Waals surface area contributed by atoms with E-state index in [0.29, 0.717) is 17.4 Å². The van der Waals surface area contributed by atoms with Gasteiger partial charge in [0.05, 0.1) is 34.4 Å². The number of aliphatic carboxylic acids is 1. The number of unbranched alkanes of at least 4 members (excludes halogenated alkanes) is 15. The van der Waals surface area contributed by atoms with Gasteiger partial charge in [-0.05, 0) is 109 Å². The molecule has 1 N–H and O–H groups in total. The summed E-state index contributed by atoms with van der Waals surface area (Å²) in [6.07, 6.45) is 76.6. The number of nitrogens with zero attached hydrogens (tertiary/aromatic N) is 1. The second kappa shape index (κ2) is 55.7. The molecule has 0 aromatic rings. The average Bonchev–Trinajstić information content (AvgIpc) is 3.38. The molecule has 2 atom stereocenters. The summed E-state index contributed by atoms with van der Waals surface area (Å²) in [6.45, 7) is 4.61. The molecule has 424 valence electrons. The number of carbonyl (C=O) groups is 3. The first-order chi connectivity index (χ1) is 36.6. The lowest BCUT2D eigenvalue weighted by molar-refractivity contribution is -0.870. The van der Waals surface area contributed by atoms with Crippen LogP contribution in [0.25, 0.3) is 0 Å². The number of carboxylic acids is 1. The van der Waals surface area contributed by atoms with E-state index in [0.717, 1.165) is 128 Å². The molecule has 2 unspecified atom stereocenters. The fraction of sp³-hybridized carbons (Fsp3) is 0.621. The minimum Gasteiger partial charge on any atom is -0.477 e. The maximum atomic E-state index is 12.9. The molecule has 0 aliphatic carbocycles. The number of carbonyl (C=O) groups excluding carboxylic acids is 2. The standard InChI is InChI=1S/C66H107NO8/c1-6-8-10-12-14-16-18-20-22-24-26-28-29-30-31-32-33-34-35-37-39-41-43-45-47-49-51-53-55-57-64(69)75-62(61-74-66(65(70)71)72-59-58-67(3,4)5)60-73-63(68)56-54-52-50-48-46-44-42-40-38-36-27-25-23-21-19-17-15-13-11-9-7-2/h8-11,14-17,20-23,26-28,30-31,33-34,36-37,39,62,66H,6-7,12-13,18-19,24-25,29,32,35,38,40-61H2,1-5H3/p+1/b10-8-,11-9-,16-14-,17-15-,22-20-,23-21-,28-26-,31-30-,34-33-,36-27-,39-37-. The summed E-state index contributed by atoms with van der Waals surface area (Å²) in [5, 5.41) is 9.71. The van der Waals surface area contributed by atoms with Gasteiger partial charge in [-0.25, -0.2) is 4.79 Å². The lowest BCUT2D eigenvalue weighted by atomic mass is 10.1. The molecule has 0 heterocycles. The maximum absolute atomic E-state index is 12.9. The third-order valence-corrected chi connectivity index (χ3v) is 11.9. The van der Waals surface area contributed by atoms with Crippen LogP contribution in [0.3, 0.4) is 0 Å². The molecule has 0 radical (unpaired) electrons. The van der Waals surface area contributed by atoms with Gasteiger partial charge in [0, 0.05) is 12.8 Å². The molecule has 75 heavy (non-hydrogen) atoms. The molecule has 0 spiro atoms. The highest BCUT2D eigenvalue weighted by Gasteiger charge is 2.25. The fourth-order valence-electron chi connectivity index (χ4n) is 7.45. The maximum Gasteiger partial charge on any atom is 0.361 e. The summed E-state index contributed by atoms with van der Waals surface area (Å²) in [4.78, 5) is 37.5. The van der Waals surface area contributed by atoms with Crippen LogP contribution in [0.5, 0.6) is 0 Å². The Labute approximate surface area is 459 Å². The zero-order chi connectivity index (χ0) is 54.8. The Balaban J connectivity index is 4.32. The number of hydrogen-bond donors (Lipinski definition) is 1. The Hall–Kier alpha value is -4.57. The van der Waals surface area contributed by atoms with Crippen LogP contribution in [0, 0.1) is 0 Å². The summed E-state index contributed by atoms with van der Waals surface area (Å²) in [6, 6.07) is 0. The van der Waals surface area contributed by atoms with Crippen LogP contribution in [-0.2, 0) is 33.3 Å². The molecular weight excluding hydrogens is 935 g/mol. The van der Waals surface area contributed by atoms with Gasteiger partial charge in [0.25, 0.3) is 6.29 Å². The highest BCUT2D eigenvalue weighted by molar-refractivity contribution is 5.71. The molecule has 0 aliphatic heterocycles. The lowest BCUT2D eigenvalue weighted by Gasteiger charge is -2.25. The molecule has 0 bridgehead atoms. The summed E-state index contributed by atoms with van der Waals surface area (Å²) in [7, 11) is 5.95. The number of quaternary nitrogens is 1. The number of carboxylic acid groups (broad SMARTS) is 1. The first kappa shape index (κ1) is 70.4. The van der Waals surface area contributed by atoms with Crippen molar-refractivity contribution in [3.63, 3.8) is 0 Å². The summed E-state index contributed by atoms with van der Waals surface area (Å²) >= 11 is 0. The predicted octanol–water partition coefficient (Wildman–Crippen LogP) is 17.5. The highest BCUT2D eigenvalue weighted by Crippen LogP contribution is 2.14. The monoisotopic (exact) mass is 1040 g/mol. The molecular formula is C66H108NO8+. The van der Waals surface area contributed by atoms with Gasteiger partial charge in [0.2, 0.25) is 0 Å². The number of hydrogen-bond acceptors (Lipinski definition) is 7. The fourth-order valence-corrected chi connectivity index (χ4v) is 7.45. The Kier molecular flexibility index (Phi) is 52.3. The molecule has 0 fully saturated rings. The zero-order valence-corrected chi connectivity index (χ0v) is 48.2. The van der Waals surface area contributed by atoms with Crippen LogP contribution in [0.4, 0.5) is 0 Å². The number of ether oxygens (including phenoxy) is 4.